The molecule has 0 aromatic heterocycles. The topological polar surface area (TPSA) is 92.7 Å². The van der Waals surface area contributed by atoms with Gasteiger partial charge in [-0.25, -0.2) is 9.59 Å². The second-order valence-electron chi connectivity index (χ2n) is 6.58. The minimum Gasteiger partial charge on any atom is -0.480 e. The van der Waals surface area contributed by atoms with Gasteiger partial charge in [-0.15, -0.1) is 0 Å². The predicted molar refractivity (Wildman–Crippen MR) is 94.4 cm³/mol. The molecule has 2 N–H and O–H groups in total. The molecule has 0 heterocycles. The Morgan fingerprint density at radius 2 is 1.80 bits per heavy atom. The van der Waals surface area contributed by atoms with E-state index in [2.05, 4.69) is 26.1 Å². The van der Waals surface area contributed by atoms with Crippen molar-refractivity contribution in [3.63, 3.8) is 0 Å². The van der Waals surface area contributed by atoms with E-state index < -0.39 is 23.9 Å². The molecule has 0 spiro atoms. The molecule has 25 heavy (non-hydrogen) atoms. The molecule has 0 fully saturated rings. The normalized spacial score (nSPS) is 12.6. The highest BCUT2D eigenvalue weighted by atomic mass is 16.5. The third-order valence-corrected chi connectivity index (χ3v) is 3.53. The van der Waals surface area contributed by atoms with Gasteiger partial charge in [-0.1, -0.05) is 39.0 Å². The van der Waals surface area contributed by atoms with Crippen LogP contribution in [-0.2, 0) is 19.7 Å². The number of carboxylic acids is 1. The molecule has 0 aliphatic heterocycles. The van der Waals surface area contributed by atoms with Gasteiger partial charge in [0.1, 0.15) is 6.04 Å². The second kappa shape index (κ2) is 9.01. The monoisotopic (exact) mass is 347 g/mol. The summed E-state index contributed by atoms with van der Waals surface area (Å²) >= 11 is 0. The van der Waals surface area contributed by atoms with E-state index in [9.17, 15) is 19.5 Å². The lowest BCUT2D eigenvalue weighted by Crippen LogP contribution is -2.40. The molecule has 0 aliphatic carbocycles. The van der Waals surface area contributed by atoms with Crippen molar-refractivity contribution in [2.75, 3.05) is 6.61 Å². The fourth-order valence-corrected chi connectivity index (χ4v) is 2.08. The van der Waals surface area contributed by atoms with E-state index >= 15 is 0 Å². The van der Waals surface area contributed by atoms with Gasteiger partial charge in [-0.05, 0) is 36.5 Å². The Labute approximate surface area is 147 Å². The molecule has 6 nitrogen and oxygen atoms in total. The van der Waals surface area contributed by atoms with Crippen LogP contribution < -0.4 is 5.32 Å². The summed E-state index contributed by atoms with van der Waals surface area (Å²) < 4.78 is 4.71. The Bertz CT molecular complexity index is 641. The molecule has 0 aliphatic rings. The zero-order valence-electron chi connectivity index (χ0n) is 15.0. The number of amides is 1. The molecule has 0 bridgehead atoms. The molecular weight excluding hydrogens is 322 g/mol. The number of nitrogens with one attached hydrogen (secondary N) is 1. The standard InChI is InChI=1S/C19H25NO5/c1-5-25-16(21)8-6-7-15(18(23)24)20-17(22)13-9-11-14(12-10-13)19(2,3)4/h6,8-12,15H,5,7H2,1-4H3,(H,20,22)(H,23,24)/b8-6+/t15-/m1/s1. The Balaban J connectivity index is 2.73. The molecule has 0 saturated carbocycles. The van der Waals surface area contributed by atoms with Gasteiger partial charge in [0.15, 0.2) is 0 Å². The summed E-state index contributed by atoms with van der Waals surface area (Å²) in [6.07, 6.45) is 2.52. The maximum Gasteiger partial charge on any atom is 0.330 e. The molecular formula is C19H25NO5. The zero-order chi connectivity index (χ0) is 19.0. The summed E-state index contributed by atoms with van der Waals surface area (Å²) in [6, 6.07) is 5.92. The summed E-state index contributed by atoms with van der Waals surface area (Å²) in [4.78, 5) is 34.7. The third kappa shape index (κ3) is 6.79. The lowest BCUT2D eigenvalue weighted by Gasteiger charge is -2.19. The maximum absolute atomic E-state index is 12.2. The molecule has 1 aromatic carbocycles. The van der Waals surface area contributed by atoms with Crippen molar-refractivity contribution in [1.82, 2.24) is 5.32 Å². The first-order valence-corrected chi connectivity index (χ1v) is 8.12. The Morgan fingerprint density at radius 1 is 1.20 bits per heavy atom. The highest BCUT2D eigenvalue weighted by molar-refractivity contribution is 5.96. The molecule has 1 amide bonds. The third-order valence-electron chi connectivity index (χ3n) is 3.53. The molecule has 0 radical (unpaired) electrons. The summed E-state index contributed by atoms with van der Waals surface area (Å²) in [5.74, 6) is -2.19. The van der Waals surface area contributed by atoms with Crippen molar-refractivity contribution in [3.8, 4) is 0 Å². The molecule has 0 saturated heterocycles. The number of carbonyl (C=O) groups excluding carboxylic acids is 2. The fraction of sp³-hybridized carbons (Fsp3) is 0.421. The molecule has 136 valence electrons. The molecule has 1 atom stereocenters. The fourth-order valence-electron chi connectivity index (χ4n) is 2.08. The van der Waals surface area contributed by atoms with Crippen molar-refractivity contribution >= 4 is 17.8 Å². The Morgan fingerprint density at radius 3 is 2.28 bits per heavy atom. The van der Waals surface area contributed by atoms with Gasteiger partial charge < -0.3 is 15.2 Å². The number of carbonyl (C=O) groups is 3. The van der Waals surface area contributed by atoms with Crippen molar-refractivity contribution in [3.05, 3.63) is 47.5 Å². The van der Waals surface area contributed by atoms with E-state index in [-0.39, 0.29) is 18.4 Å². The van der Waals surface area contributed by atoms with Crippen LogP contribution in [0.4, 0.5) is 0 Å². The Kier molecular flexibility index (Phi) is 7.36. The van der Waals surface area contributed by atoms with Crippen LogP contribution >= 0.6 is 0 Å². The van der Waals surface area contributed by atoms with Crippen molar-refractivity contribution in [2.45, 2.75) is 45.6 Å². The van der Waals surface area contributed by atoms with E-state index in [1.165, 1.54) is 6.08 Å². The number of hydrogen-bond donors (Lipinski definition) is 2. The highest BCUT2D eigenvalue weighted by Gasteiger charge is 2.20. The average Bonchev–Trinajstić information content (AvgIpc) is 2.53. The van der Waals surface area contributed by atoms with Crippen molar-refractivity contribution in [2.24, 2.45) is 0 Å². The molecule has 6 heteroatoms. The van der Waals surface area contributed by atoms with Gasteiger partial charge in [-0.2, -0.15) is 0 Å². The smallest absolute Gasteiger partial charge is 0.330 e. The van der Waals surface area contributed by atoms with Crippen LogP contribution in [0.2, 0.25) is 0 Å². The van der Waals surface area contributed by atoms with E-state index in [1.54, 1.807) is 19.1 Å². The van der Waals surface area contributed by atoms with Crippen molar-refractivity contribution in [1.29, 1.82) is 0 Å². The number of aliphatic carboxylic acids is 1. The number of carboxylic acid groups (broad SMARTS) is 1. The average molecular weight is 347 g/mol. The van der Waals surface area contributed by atoms with Crippen LogP contribution in [0, 0.1) is 0 Å². The van der Waals surface area contributed by atoms with Gasteiger partial charge in [0.05, 0.1) is 6.61 Å². The first kappa shape index (κ1) is 20.4. The highest BCUT2D eigenvalue weighted by Crippen LogP contribution is 2.22. The summed E-state index contributed by atoms with van der Waals surface area (Å²) in [5.41, 5.74) is 1.43. The van der Waals surface area contributed by atoms with Crippen LogP contribution in [0.3, 0.4) is 0 Å². The number of benzene rings is 1. The van der Waals surface area contributed by atoms with Gasteiger partial charge in [0.25, 0.3) is 5.91 Å². The first-order chi connectivity index (χ1) is 11.6. The summed E-state index contributed by atoms with van der Waals surface area (Å²) in [7, 11) is 0. The number of hydrogen-bond acceptors (Lipinski definition) is 4. The van der Waals surface area contributed by atoms with E-state index in [4.69, 9.17) is 4.74 Å². The quantitative estimate of drug-likeness (QED) is 0.584. The van der Waals surface area contributed by atoms with Crippen LogP contribution in [0.1, 0.15) is 50.0 Å². The lowest BCUT2D eigenvalue weighted by molar-refractivity contribution is -0.139. The van der Waals surface area contributed by atoms with Crippen LogP contribution in [-0.4, -0.2) is 35.6 Å². The van der Waals surface area contributed by atoms with Gasteiger partial charge in [-0.3, -0.25) is 4.79 Å². The molecule has 1 aromatic rings. The predicted octanol–water partition coefficient (Wildman–Crippen LogP) is 2.68. The Hall–Kier alpha value is -2.63. The van der Waals surface area contributed by atoms with Gasteiger partial charge in [0.2, 0.25) is 0 Å². The largest absolute Gasteiger partial charge is 0.480 e. The minimum absolute atomic E-state index is 0.0139. The number of esters is 1. The zero-order valence-corrected chi connectivity index (χ0v) is 15.0. The van der Waals surface area contributed by atoms with Crippen LogP contribution in [0.15, 0.2) is 36.4 Å². The van der Waals surface area contributed by atoms with E-state index in [0.717, 1.165) is 11.6 Å². The molecule has 0 unspecified atom stereocenters. The minimum atomic E-state index is -1.17. The van der Waals surface area contributed by atoms with Crippen LogP contribution in [0.5, 0.6) is 0 Å². The van der Waals surface area contributed by atoms with Crippen molar-refractivity contribution < 1.29 is 24.2 Å². The summed E-state index contributed by atoms with van der Waals surface area (Å²) in [5, 5.41) is 11.7. The molecule has 1 rings (SSSR count). The first-order valence-electron chi connectivity index (χ1n) is 8.12. The van der Waals surface area contributed by atoms with Crippen LogP contribution in [0.25, 0.3) is 0 Å². The SMILES string of the molecule is CCOC(=O)/C=C/C[C@@H](NC(=O)c1ccc(C(C)(C)C)cc1)C(=O)O. The lowest BCUT2D eigenvalue weighted by atomic mass is 9.86. The summed E-state index contributed by atoms with van der Waals surface area (Å²) in [6.45, 7) is 8.12. The van der Waals surface area contributed by atoms with Gasteiger partial charge >= 0.3 is 11.9 Å². The number of ether oxygens (including phenoxy) is 1. The second-order valence-corrected chi connectivity index (χ2v) is 6.58. The van der Waals surface area contributed by atoms with E-state index in [1.807, 2.05) is 12.1 Å². The number of rotatable bonds is 7. The van der Waals surface area contributed by atoms with E-state index in [0.29, 0.717) is 5.56 Å². The van der Waals surface area contributed by atoms with Gasteiger partial charge in [0, 0.05) is 11.6 Å². The maximum atomic E-state index is 12.2.